The summed E-state index contributed by atoms with van der Waals surface area (Å²) in [4.78, 5) is 0. The normalized spacial score (nSPS) is 15.5. The summed E-state index contributed by atoms with van der Waals surface area (Å²) in [7, 11) is -3.32. The third kappa shape index (κ3) is 7.25. The van der Waals surface area contributed by atoms with Gasteiger partial charge in [0.25, 0.3) is 0 Å². The van der Waals surface area contributed by atoms with Crippen LogP contribution in [0, 0.1) is 0 Å². The monoisotopic (exact) mass is 225 g/mol. The van der Waals surface area contributed by atoms with Crippen LogP contribution in [0.2, 0.25) is 0 Å². The van der Waals surface area contributed by atoms with Gasteiger partial charge >= 0.3 is 0 Å². The molecule has 86 valence electrons. The minimum atomic E-state index is -3.32. The molecule has 1 atom stereocenters. The summed E-state index contributed by atoms with van der Waals surface area (Å²) in [6.45, 7) is 2.95. The van der Waals surface area contributed by atoms with Gasteiger partial charge in [0.1, 0.15) is 0 Å². The second-order valence-corrected chi connectivity index (χ2v) is 6.42. The predicted octanol–water partition coefficient (Wildman–Crippen LogP) is -1.12. The second kappa shape index (κ2) is 5.06. The van der Waals surface area contributed by atoms with Crippen molar-refractivity contribution in [3.8, 4) is 0 Å². The first-order valence-corrected chi connectivity index (χ1v) is 6.27. The van der Waals surface area contributed by atoms with Crippen molar-refractivity contribution in [2.24, 2.45) is 5.73 Å². The molecule has 0 bridgehead atoms. The summed E-state index contributed by atoms with van der Waals surface area (Å²) in [6.07, 6.45) is -0.853. The van der Waals surface area contributed by atoms with E-state index in [-0.39, 0.29) is 5.75 Å². The highest BCUT2D eigenvalue weighted by molar-refractivity contribution is 7.91. The van der Waals surface area contributed by atoms with E-state index in [1.165, 1.54) is 0 Å². The summed E-state index contributed by atoms with van der Waals surface area (Å²) < 4.78 is 22.6. The molecular weight excluding hydrogens is 206 g/mol. The first kappa shape index (κ1) is 13.8. The molecule has 4 N–H and O–H groups in total. The van der Waals surface area contributed by atoms with Crippen molar-refractivity contribution in [3.63, 3.8) is 0 Å². The fourth-order valence-corrected chi connectivity index (χ4v) is 2.54. The number of nitrogens with two attached hydrogens (primary N) is 1. The van der Waals surface area contributed by atoms with Gasteiger partial charge in [-0.1, -0.05) is 0 Å². The standard InChI is InChI=1S/C8H19NO4S/c1-8(2,9)3-4-14(12,13)6-7(11)5-10/h7,10-11H,3-6,9H2,1-2H3/t7-/m0/s1. The second-order valence-electron chi connectivity index (χ2n) is 4.19. The Morgan fingerprint density at radius 2 is 1.93 bits per heavy atom. The Morgan fingerprint density at radius 1 is 1.43 bits per heavy atom. The van der Waals surface area contributed by atoms with Gasteiger partial charge in [0.2, 0.25) is 0 Å². The van der Waals surface area contributed by atoms with Gasteiger partial charge in [-0.3, -0.25) is 0 Å². The van der Waals surface area contributed by atoms with Crippen molar-refractivity contribution in [3.05, 3.63) is 0 Å². The highest BCUT2D eigenvalue weighted by Crippen LogP contribution is 2.07. The Balaban J connectivity index is 4.10. The Hall–Kier alpha value is -0.170. The Labute approximate surface area is 84.8 Å². The van der Waals surface area contributed by atoms with Crippen LogP contribution in [0.1, 0.15) is 20.3 Å². The maximum Gasteiger partial charge on any atom is 0.153 e. The van der Waals surface area contributed by atoms with E-state index in [1.807, 2.05) is 0 Å². The van der Waals surface area contributed by atoms with Crippen molar-refractivity contribution in [1.82, 2.24) is 0 Å². The molecule has 0 saturated carbocycles. The molecule has 0 heterocycles. The van der Waals surface area contributed by atoms with Gasteiger partial charge in [-0.15, -0.1) is 0 Å². The molecule has 0 aromatic carbocycles. The van der Waals surface area contributed by atoms with Crippen LogP contribution in [0.15, 0.2) is 0 Å². The van der Waals surface area contributed by atoms with E-state index < -0.39 is 33.8 Å². The van der Waals surface area contributed by atoms with Gasteiger partial charge in [0.15, 0.2) is 9.84 Å². The first-order chi connectivity index (χ1) is 6.16. The van der Waals surface area contributed by atoms with Crippen LogP contribution in [0.3, 0.4) is 0 Å². The lowest BCUT2D eigenvalue weighted by Crippen LogP contribution is -2.35. The third-order valence-electron chi connectivity index (χ3n) is 1.71. The molecule has 0 radical (unpaired) electrons. The summed E-state index contributed by atoms with van der Waals surface area (Å²) in [5.41, 5.74) is 5.10. The molecule has 14 heavy (non-hydrogen) atoms. The van der Waals surface area contributed by atoms with E-state index in [9.17, 15) is 8.42 Å². The molecule has 0 spiro atoms. The zero-order valence-corrected chi connectivity index (χ0v) is 9.42. The topological polar surface area (TPSA) is 101 Å². The number of aliphatic hydroxyl groups excluding tert-OH is 2. The smallest absolute Gasteiger partial charge is 0.153 e. The summed E-state index contributed by atoms with van der Waals surface area (Å²) in [5, 5.41) is 17.4. The molecule has 0 saturated heterocycles. The molecule has 0 rings (SSSR count). The summed E-state index contributed by atoms with van der Waals surface area (Å²) in [5.74, 6) is -0.465. The van der Waals surface area contributed by atoms with Gasteiger partial charge in [0.05, 0.1) is 24.2 Å². The quantitative estimate of drug-likeness (QED) is 0.531. The molecule has 0 aliphatic rings. The van der Waals surface area contributed by atoms with Crippen LogP contribution in [0.5, 0.6) is 0 Å². The maximum atomic E-state index is 11.3. The lowest BCUT2D eigenvalue weighted by Gasteiger charge is -2.18. The molecule has 5 nitrogen and oxygen atoms in total. The van der Waals surface area contributed by atoms with Crippen molar-refractivity contribution in [2.75, 3.05) is 18.1 Å². The van der Waals surface area contributed by atoms with Crippen molar-refractivity contribution in [1.29, 1.82) is 0 Å². The fourth-order valence-electron chi connectivity index (χ4n) is 0.848. The van der Waals surface area contributed by atoms with E-state index in [0.29, 0.717) is 6.42 Å². The van der Waals surface area contributed by atoms with Gasteiger partial charge < -0.3 is 15.9 Å². The molecule has 0 fully saturated rings. The number of rotatable bonds is 6. The van der Waals surface area contributed by atoms with Crippen LogP contribution in [-0.2, 0) is 9.84 Å². The molecule has 0 aromatic heterocycles. The molecule has 0 amide bonds. The number of hydrogen-bond donors (Lipinski definition) is 3. The van der Waals surface area contributed by atoms with E-state index in [0.717, 1.165) is 0 Å². The predicted molar refractivity (Wildman–Crippen MR) is 54.6 cm³/mol. The van der Waals surface area contributed by atoms with E-state index in [1.54, 1.807) is 13.8 Å². The SMILES string of the molecule is CC(C)(N)CCS(=O)(=O)C[C@@H](O)CO. The van der Waals surface area contributed by atoms with Crippen molar-refractivity contribution < 1.29 is 18.6 Å². The molecule has 0 aliphatic carbocycles. The highest BCUT2D eigenvalue weighted by atomic mass is 32.2. The third-order valence-corrected chi connectivity index (χ3v) is 3.43. The maximum absolute atomic E-state index is 11.3. The van der Waals surface area contributed by atoms with Crippen LogP contribution in [-0.4, -0.2) is 48.4 Å². The molecule has 0 aliphatic heterocycles. The van der Waals surface area contributed by atoms with E-state index >= 15 is 0 Å². The summed E-state index contributed by atoms with van der Waals surface area (Å²) in [6, 6.07) is 0. The van der Waals surface area contributed by atoms with Crippen LogP contribution in [0.25, 0.3) is 0 Å². The Bertz CT molecular complexity index is 255. The number of hydrogen-bond acceptors (Lipinski definition) is 5. The highest BCUT2D eigenvalue weighted by Gasteiger charge is 2.20. The van der Waals surface area contributed by atoms with Crippen LogP contribution in [0.4, 0.5) is 0 Å². The minimum absolute atomic E-state index is 0.0619. The summed E-state index contributed by atoms with van der Waals surface area (Å²) >= 11 is 0. The molecular formula is C8H19NO4S. The number of sulfone groups is 1. The average molecular weight is 225 g/mol. The molecule has 0 unspecified atom stereocenters. The Kier molecular flexibility index (Phi) is 5.00. The average Bonchev–Trinajstić information content (AvgIpc) is 1.99. The van der Waals surface area contributed by atoms with Crippen molar-refractivity contribution >= 4 is 9.84 Å². The minimum Gasteiger partial charge on any atom is -0.394 e. The lowest BCUT2D eigenvalue weighted by atomic mass is 10.0. The van der Waals surface area contributed by atoms with E-state index in [4.69, 9.17) is 15.9 Å². The number of aliphatic hydroxyl groups is 2. The Morgan fingerprint density at radius 3 is 2.29 bits per heavy atom. The largest absolute Gasteiger partial charge is 0.394 e. The van der Waals surface area contributed by atoms with Gasteiger partial charge in [-0.25, -0.2) is 8.42 Å². The fraction of sp³-hybridized carbons (Fsp3) is 1.00. The van der Waals surface area contributed by atoms with Gasteiger partial charge in [-0.05, 0) is 20.3 Å². The van der Waals surface area contributed by atoms with Crippen molar-refractivity contribution in [2.45, 2.75) is 31.9 Å². The first-order valence-electron chi connectivity index (χ1n) is 4.44. The molecule has 0 aromatic rings. The van der Waals surface area contributed by atoms with Gasteiger partial charge in [-0.2, -0.15) is 0 Å². The zero-order chi connectivity index (χ0) is 11.4. The van der Waals surface area contributed by atoms with Crippen LogP contribution >= 0.6 is 0 Å². The zero-order valence-electron chi connectivity index (χ0n) is 8.60. The molecule has 6 heteroatoms. The van der Waals surface area contributed by atoms with Crippen LogP contribution < -0.4 is 5.73 Å². The van der Waals surface area contributed by atoms with E-state index in [2.05, 4.69) is 0 Å². The lowest BCUT2D eigenvalue weighted by molar-refractivity contribution is 0.112. The van der Waals surface area contributed by atoms with Gasteiger partial charge in [0, 0.05) is 5.54 Å².